The fraction of sp³-hybridized carbons (Fsp3) is 0.0769. The van der Waals surface area contributed by atoms with E-state index in [1.54, 1.807) is 42.6 Å². The molecule has 0 bridgehead atoms. The number of aromatic nitrogens is 1. The first-order chi connectivity index (χ1) is 16.1. The highest BCUT2D eigenvalue weighted by atomic mass is 35.5. The maximum atomic E-state index is 13.4. The Balaban J connectivity index is 1.78. The third-order valence-electron chi connectivity index (χ3n) is 5.39. The van der Waals surface area contributed by atoms with Crippen molar-refractivity contribution in [3.8, 4) is 22.4 Å². The number of hydrogen-bond acceptors (Lipinski definition) is 4. The second-order valence-electron chi connectivity index (χ2n) is 7.76. The summed E-state index contributed by atoms with van der Waals surface area (Å²) in [4.78, 5) is 17.8. The van der Waals surface area contributed by atoms with Gasteiger partial charge in [-0.2, -0.15) is 0 Å². The molecule has 0 unspecified atom stereocenters. The van der Waals surface area contributed by atoms with E-state index in [1.165, 1.54) is 18.2 Å². The average Bonchev–Trinajstić information content (AvgIpc) is 2.81. The van der Waals surface area contributed by atoms with Gasteiger partial charge in [-0.1, -0.05) is 41.4 Å². The Labute approximate surface area is 208 Å². The van der Waals surface area contributed by atoms with Crippen LogP contribution >= 0.6 is 23.2 Å². The third-order valence-corrected chi connectivity index (χ3v) is 7.24. The minimum absolute atomic E-state index is 0.113. The summed E-state index contributed by atoms with van der Waals surface area (Å²) >= 11 is 12.7. The Bertz CT molecular complexity index is 1500. The molecular formula is C26H20Cl2N2O3S. The SMILES string of the molecule is Cc1c(Cl)cccc1-c1cc(S(C)(=O)=O)ccc1C(=O)Nc1ccc(Cl)c(-c2ccccn2)c1. The molecule has 0 fully saturated rings. The fourth-order valence-corrected chi connectivity index (χ4v) is 4.63. The summed E-state index contributed by atoms with van der Waals surface area (Å²) < 4.78 is 24.4. The summed E-state index contributed by atoms with van der Waals surface area (Å²) in [6, 6.07) is 20.4. The van der Waals surface area contributed by atoms with Crippen LogP contribution < -0.4 is 5.32 Å². The molecule has 1 amide bonds. The molecule has 0 saturated heterocycles. The van der Waals surface area contributed by atoms with Gasteiger partial charge in [0, 0.05) is 34.3 Å². The molecule has 172 valence electrons. The Morgan fingerprint density at radius 2 is 1.65 bits per heavy atom. The lowest BCUT2D eigenvalue weighted by atomic mass is 9.95. The predicted octanol–water partition coefficient (Wildman–Crippen LogP) is 6.69. The van der Waals surface area contributed by atoms with Gasteiger partial charge in [0.15, 0.2) is 9.84 Å². The van der Waals surface area contributed by atoms with Crippen LogP contribution in [0, 0.1) is 6.92 Å². The quantitative estimate of drug-likeness (QED) is 0.324. The van der Waals surface area contributed by atoms with Crippen LogP contribution in [0.2, 0.25) is 10.0 Å². The van der Waals surface area contributed by atoms with Gasteiger partial charge in [0.2, 0.25) is 0 Å². The monoisotopic (exact) mass is 510 g/mol. The molecule has 0 atom stereocenters. The molecular weight excluding hydrogens is 491 g/mol. The van der Waals surface area contributed by atoms with Gasteiger partial charge in [-0.3, -0.25) is 9.78 Å². The number of pyridine rings is 1. The van der Waals surface area contributed by atoms with E-state index in [2.05, 4.69) is 10.3 Å². The predicted molar refractivity (Wildman–Crippen MR) is 137 cm³/mol. The molecule has 0 radical (unpaired) electrons. The maximum absolute atomic E-state index is 13.4. The standard InChI is InChI=1S/C26H20Cl2N2O3S/c1-16-19(6-5-7-23(16)27)21-15-18(34(2,32)33)10-11-20(21)26(31)30-17-9-12-24(28)22(14-17)25-8-3-4-13-29-25/h3-15H,1-2H3,(H,30,31). The van der Waals surface area contributed by atoms with Gasteiger partial charge in [-0.25, -0.2) is 8.42 Å². The molecule has 3 aromatic carbocycles. The van der Waals surface area contributed by atoms with Crippen LogP contribution in [0.5, 0.6) is 0 Å². The molecule has 0 aliphatic rings. The van der Waals surface area contributed by atoms with Crippen LogP contribution in [-0.4, -0.2) is 25.6 Å². The zero-order chi connectivity index (χ0) is 24.5. The van der Waals surface area contributed by atoms with Gasteiger partial charge >= 0.3 is 0 Å². The lowest BCUT2D eigenvalue weighted by molar-refractivity contribution is 0.102. The van der Waals surface area contributed by atoms with Crippen LogP contribution in [0.15, 0.2) is 83.9 Å². The van der Waals surface area contributed by atoms with Gasteiger partial charge in [-0.15, -0.1) is 0 Å². The molecule has 0 aliphatic heterocycles. The van der Waals surface area contributed by atoms with Crippen LogP contribution in [-0.2, 0) is 9.84 Å². The van der Waals surface area contributed by atoms with Gasteiger partial charge in [0.25, 0.3) is 5.91 Å². The number of amides is 1. The fourth-order valence-electron chi connectivity index (χ4n) is 3.59. The van der Waals surface area contributed by atoms with E-state index in [9.17, 15) is 13.2 Å². The Morgan fingerprint density at radius 3 is 2.35 bits per heavy atom. The Morgan fingerprint density at radius 1 is 0.853 bits per heavy atom. The van der Waals surface area contributed by atoms with E-state index in [0.29, 0.717) is 43.7 Å². The number of rotatable bonds is 5. The number of carbonyl (C=O) groups excluding carboxylic acids is 1. The number of hydrogen-bond donors (Lipinski definition) is 1. The zero-order valence-electron chi connectivity index (χ0n) is 18.3. The lowest BCUT2D eigenvalue weighted by Gasteiger charge is -2.15. The summed E-state index contributed by atoms with van der Waals surface area (Å²) in [6.45, 7) is 1.82. The molecule has 1 heterocycles. The van der Waals surface area contributed by atoms with Gasteiger partial charge < -0.3 is 5.32 Å². The van der Waals surface area contributed by atoms with Crippen molar-refractivity contribution in [3.63, 3.8) is 0 Å². The Kier molecular flexibility index (Phi) is 6.75. The summed E-state index contributed by atoms with van der Waals surface area (Å²) in [7, 11) is -3.48. The highest BCUT2D eigenvalue weighted by molar-refractivity contribution is 7.90. The zero-order valence-corrected chi connectivity index (χ0v) is 20.7. The average molecular weight is 511 g/mol. The van der Waals surface area contributed by atoms with Gasteiger partial charge in [-0.05, 0) is 78.2 Å². The molecule has 34 heavy (non-hydrogen) atoms. The van der Waals surface area contributed by atoms with Crippen molar-refractivity contribution in [2.45, 2.75) is 11.8 Å². The van der Waals surface area contributed by atoms with E-state index in [1.807, 2.05) is 25.1 Å². The smallest absolute Gasteiger partial charge is 0.256 e. The summed E-state index contributed by atoms with van der Waals surface area (Å²) in [6.07, 6.45) is 2.80. The van der Waals surface area contributed by atoms with Crippen LogP contribution in [0.3, 0.4) is 0 Å². The molecule has 0 saturated carbocycles. The largest absolute Gasteiger partial charge is 0.322 e. The summed E-state index contributed by atoms with van der Waals surface area (Å²) in [5, 5.41) is 3.91. The second-order valence-corrected chi connectivity index (χ2v) is 10.6. The number of carbonyl (C=O) groups is 1. The number of halogens is 2. The van der Waals surface area contributed by atoms with Crippen molar-refractivity contribution in [1.29, 1.82) is 0 Å². The summed E-state index contributed by atoms with van der Waals surface area (Å²) in [5.74, 6) is -0.399. The van der Waals surface area contributed by atoms with Crippen molar-refractivity contribution in [2.24, 2.45) is 0 Å². The normalized spacial score (nSPS) is 11.3. The van der Waals surface area contributed by atoms with E-state index >= 15 is 0 Å². The molecule has 1 N–H and O–H groups in total. The minimum atomic E-state index is -3.48. The van der Waals surface area contributed by atoms with Crippen molar-refractivity contribution in [1.82, 2.24) is 4.98 Å². The number of anilines is 1. The topological polar surface area (TPSA) is 76.1 Å². The van der Waals surface area contributed by atoms with Gasteiger partial charge in [0.1, 0.15) is 0 Å². The first kappa shape index (κ1) is 24.0. The summed E-state index contributed by atoms with van der Waals surface area (Å²) in [5.41, 5.74) is 4.08. The van der Waals surface area contributed by atoms with Crippen molar-refractivity contribution >= 4 is 44.6 Å². The van der Waals surface area contributed by atoms with Crippen LogP contribution in [0.4, 0.5) is 5.69 Å². The molecule has 0 spiro atoms. The van der Waals surface area contributed by atoms with Crippen molar-refractivity contribution < 1.29 is 13.2 Å². The number of benzene rings is 3. The van der Waals surface area contributed by atoms with E-state index in [4.69, 9.17) is 23.2 Å². The first-order valence-corrected chi connectivity index (χ1v) is 12.9. The van der Waals surface area contributed by atoms with Crippen LogP contribution in [0.25, 0.3) is 22.4 Å². The molecule has 1 aromatic heterocycles. The molecule has 8 heteroatoms. The van der Waals surface area contributed by atoms with E-state index in [0.717, 1.165) is 11.8 Å². The second kappa shape index (κ2) is 9.58. The minimum Gasteiger partial charge on any atom is -0.322 e. The highest BCUT2D eigenvalue weighted by Crippen LogP contribution is 2.34. The first-order valence-electron chi connectivity index (χ1n) is 10.3. The number of nitrogens with one attached hydrogen (secondary N) is 1. The van der Waals surface area contributed by atoms with Crippen molar-refractivity contribution in [2.75, 3.05) is 11.6 Å². The van der Waals surface area contributed by atoms with Crippen molar-refractivity contribution in [3.05, 3.63) is 100 Å². The number of sulfone groups is 1. The maximum Gasteiger partial charge on any atom is 0.256 e. The Hall–Kier alpha value is -3.19. The molecule has 0 aliphatic carbocycles. The van der Waals surface area contributed by atoms with Gasteiger partial charge in [0.05, 0.1) is 15.6 Å². The number of nitrogens with zero attached hydrogens (tertiary/aromatic N) is 1. The highest BCUT2D eigenvalue weighted by Gasteiger charge is 2.19. The van der Waals surface area contributed by atoms with E-state index < -0.39 is 15.7 Å². The lowest BCUT2D eigenvalue weighted by Crippen LogP contribution is -2.14. The molecule has 5 nitrogen and oxygen atoms in total. The van der Waals surface area contributed by atoms with Crippen LogP contribution in [0.1, 0.15) is 15.9 Å². The molecule has 4 aromatic rings. The molecule has 4 rings (SSSR count). The van der Waals surface area contributed by atoms with E-state index in [-0.39, 0.29) is 4.90 Å². The third kappa shape index (κ3) is 4.99.